The molecule has 0 amide bonds. The van der Waals surface area contributed by atoms with Crippen LogP contribution in [0.5, 0.6) is 0 Å². The van der Waals surface area contributed by atoms with Gasteiger partial charge in [0.05, 0.1) is 7.11 Å². The van der Waals surface area contributed by atoms with Crippen molar-refractivity contribution in [2.45, 2.75) is 51.0 Å². The molecule has 0 bridgehead atoms. The maximum absolute atomic E-state index is 14.7. The van der Waals surface area contributed by atoms with Gasteiger partial charge in [-0.15, -0.1) is 0 Å². The second kappa shape index (κ2) is 6.26. The summed E-state index contributed by atoms with van der Waals surface area (Å²) in [4.78, 5) is 24.8. The normalized spacial score (nSPS) is 32.4. The van der Waals surface area contributed by atoms with E-state index in [1.165, 1.54) is 7.11 Å². The zero-order chi connectivity index (χ0) is 19.6. The number of ether oxygens (including phenoxy) is 1. The number of aromatic nitrogens is 2. The van der Waals surface area contributed by atoms with Crippen LogP contribution in [0.25, 0.3) is 0 Å². The van der Waals surface area contributed by atoms with Crippen LogP contribution in [-0.4, -0.2) is 48.7 Å². The fourth-order valence-corrected chi connectivity index (χ4v) is 5.20. The molecule has 0 radical (unpaired) electrons. The van der Waals surface area contributed by atoms with Crippen molar-refractivity contribution < 1.29 is 18.3 Å². The number of anilines is 2. The second-order valence-electron chi connectivity index (χ2n) is 8.74. The fourth-order valence-electron chi connectivity index (χ4n) is 5.20. The van der Waals surface area contributed by atoms with E-state index in [1.807, 2.05) is 4.90 Å². The summed E-state index contributed by atoms with van der Waals surface area (Å²) in [6, 6.07) is 0.291. The highest BCUT2D eigenvalue weighted by atomic mass is 19.3. The van der Waals surface area contributed by atoms with Gasteiger partial charge < -0.3 is 14.5 Å². The quantitative estimate of drug-likeness (QED) is 0.735. The minimum Gasteiger partial charge on any atom is -0.469 e. The number of piperidine rings is 1. The molecule has 2 unspecified atom stereocenters. The summed E-state index contributed by atoms with van der Waals surface area (Å²) in [6.07, 6.45) is 2.41. The summed E-state index contributed by atoms with van der Waals surface area (Å²) in [6.45, 7) is 4.44. The number of alkyl halides is 2. The molecule has 152 valence electrons. The zero-order valence-electron chi connectivity index (χ0n) is 16.3. The molecule has 4 aliphatic rings. The van der Waals surface area contributed by atoms with E-state index >= 15 is 0 Å². The molecule has 0 N–H and O–H groups in total. The highest BCUT2D eigenvalue weighted by molar-refractivity contribution is 5.70. The molecule has 2 saturated heterocycles. The first-order chi connectivity index (χ1) is 13.4. The predicted octanol–water partition coefficient (Wildman–Crippen LogP) is 2.75. The van der Waals surface area contributed by atoms with Crippen molar-refractivity contribution in [1.82, 2.24) is 9.97 Å². The predicted molar refractivity (Wildman–Crippen MR) is 99.6 cm³/mol. The van der Waals surface area contributed by atoms with Crippen molar-refractivity contribution in [3.63, 3.8) is 0 Å². The third kappa shape index (κ3) is 2.75. The lowest BCUT2D eigenvalue weighted by Gasteiger charge is -2.40. The van der Waals surface area contributed by atoms with E-state index in [-0.39, 0.29) is 18.1 Å². The maximum Gasteiger partial charge on any atom is 0.305 e. The van der Waals surface area contributed by atoms with Crippen molar-refractivity contribution >= 4 is 17.7 Å². The largest absolute Gasteiger partial charge is 0.469 e. The zero-order valence-corrected chi connectivity index (χ0v) is 16.3. The standard InChI is InChI=1S/C20H26F2N4O2/c1-11-5-7-26(11)19-23-17-12(4-3-6-20(17,21)22)18(24-19)25-9-14-13(15(14)10-25)8-16(27)28-2/h11,13-15H,3-10H2,1-2H3/t11-,13?,14?,15?/m0/s1. The molecule has 2 aliphatic heterocycles. The Labute approximate surface area is 163 Å². The molecule has 1 aromatic rings. The van der Waals surface area contributed by atoms with Gasteiger partial charge in [-0.3, -0.25) is 4.79 Å². The van der Waals surface area contributed by atoms with E-state index < -0.39 is 5.92 Å². The smallest absolute Gasteiger partial charge is 0.305 e. The average Bonchev–Trinajstić information content (AvgIpc) is 3.09. The molecule has 28 heavy (non-hydrogen) atoms. The van der Waals surface area contributed by atoms with Crippen molar-refractivity contribution in [3.8, 4) is 0 Å². The molecule has 8 heteroatoms. The number of nitrogens with zero attached hydrogens (tertiary/aromatic N) is 4. The van der Waals surface area contributed by atoms with Crippen LogP contribution in [0.4, 0.5) is 20.5 Å². The molecule has 6 nitrogen and oxygen atoms in total. The van der Waals surface area contributed by atoms with Crippen LogP contribution in [0.3, 0.4) is 0 Å². The first-order valence-corrected chi connectivity index (χ1v) is 10.3. The lowest BCUT2D eigenvalue weighted by molar-refractivity contribution is -0.141. The van der Waals surface area contributed by atoms with Gasteiger partial charge in [0.1, 0.15) is 11.5 Å². The molecule has 0 spiro atoms. The molecule has 5 rings (SSSR count). The SMILES string of the molecule is COC(=O)CC1C2CN(c3nc(N4CC[C@@H]4C)nc4c3CCCC4(F)F)CC12. The molecule has 1 aromatic heterocycles. The van der Waals surface area contributed by atoms with Crippen molar-refractivity contribution in [2.75, 3.05) is 36.5 Å². The molecular formula is C20H26F2N4O2. The fraction of sp³-hybridized carbons (Fsp3) is 0.750. The van der Waals surface area contributed by atoms with E-state index in [2.05, 4.69) is 16.8 Å². The Kier molecular flexibility index (Phi) is 4.04. The average molecular weight is 392 g/mol. The Hall–Kier alpha value is -1.99. The monoisotopic (exact) mass is 392 g/mol. The Morgan fingerprint density at radius 1 is 1.29 bits per heavy atom. The van der Waals surface area contributed by atoms with Crippen LogP contribution < -0.4 is 9.80 Å². The van der Waals surface area contributed by atoms with Gasteiger partial charge in [0.2, 0.25) is 5.95 Å². The van der Waals surface area contributed by atoms with Crippen LogP contribution in [0.1, 0.15) is 43.9 Å². The molecule has 0 aromatic carbocycles. The lowest BCUT2D eigenvalue weighted by Crippen LogP contribution is -2.47. The number of hydrogen-bond acceptors (Lipinski definition) is 6. The number of rotatable bonds is 4. The minimum atomic E-state index is -2.88. The van der Waals surface area contributed by atoms with E-state index in [0.29, 0.717) is 60.4 Å². The van der Waals surface area contributed by atoms with Gasteiger partial charge >= 0.3 is 5.97 Å². The Morgan fingerprint density at radius 3 is 2.64 bits per heavy atom. The second-order valence-corrected chi connectivity index (χ2v) is 8.74. The molecule has 3 fully saturated rings. The number of halogens is 2. The van der Waals surface area contributed by atoms with Crippen molar-refractivity contribution in [3.05, 3.63) is 11.3 Å². The lowest BCUT2D eigenvalue weighted by atomic mass is 9.92. The van der Waals surface area contributed by atoms with E-state index in [1.54, 1.807) is 0 Å². The number of esters is 1. The maximum atomic E-state index is 14.7. The van der Waals surface area contributed by atoms with Gasteiger partial charge in [-0.05, 0) is 43.9 Å². The van der Waals surface area contributed by atoms with Crippen LogP contribution in [0.15, 0.2) is 0 Å². The number of methoxy groups -OCH3 is 1. The summed E-state index contributed by atoms with van der Waals surface area (Å²) >= 11 is 0. The van der Waals surface area contributed by atoms with Crippen LogP contribution in [0, 0.1) is 17.8 Å². The van der Waals surface area contributed by atoms with Gasteiger partial charge in [0.25, 0.3) is 5.92 Å². The van der Waals surface area contributed by atoms with Crippen LogP contribution in [0.2, 0.25) is 0 Å². The minimum absolute atomic E-state index is 0.0652. The summed E-state index contributed by atoms with van der Waals surface area (Å²) in [5.41, 5.74) is 0.559. The highest BCUT2D eigenvalue weighted by Crippen LogP contribution is 2.55. The van der Waals surface area contributed by atoms with Crippen molar-refractivity contribution in [2.24, 2.45) is 17.8 Å². The first kappa shape index (κ1) is 18.1. The summed E-state index contributed by atoms with van der Waals surface area (Å²) in [7, 11) is 1.42. The van der Waals surface area contributed by atoms with Gasteiger partial charge in [-0.25, -0.2) is 4.98 Å². The summed E-state index contributed by atoms with van der Waals surface area (Å²) in [5, 5.41) is 0. The molecule has 3 atom stereocenters. The third-order valence-corrected chi connectivity index (χ3v) is 7.12. The van der Waals surface area contributed by atoms with Gasteiger partial charge in [0.15, 0.2) is 0 Å². The third-order valence-electron chi connectivity index (χ3n) is 7.12. The summed E-state index contributed by atoms with van der Waals surface area (Å²) < 4.78 is 34.1. The van der Waals surface area contributed by atoms with Crippen LogP contribution >= 0.6 is 0 Å². The van der Waals surface area contributed by atoms with Crippen molar-refractivity contribution in [1.29, 1.82) is 0 Å². The molecular weight excluding hydrogens is 366 g/mol. The number of carbonyl (C=O) groups is 1. The summed E-state index contributed by atoms with van der Waals surface area (Å²) in [5.74, 6) is -0.690. The number of carbonyl (C=O) groups excluding carboxylic acids is 1. The topological polar surface area (TPSA) is 58.6 Å². The van der Waals surface area contributed by atoms with Gasteiger partial charge in [-0.1, -0.05) is 0 Å². The number of hydrogen-bond donors (Lipinski definition) is 0. The molecule has 2 aliphatic carbocycles. The molecule has 1 saturated carbocycles. The van der Waals surface area contributed by atoms with Gasteiger partial charge in [0, 0.05) is 44.1 Å². The van der Waals surface area contributed by atoms with Gasteiger partial charge in [-0.2, -0.15) is 13.8 Å². The first-order valence-electron chi connectivity index (χ1n) is 10.3. The van der Waals surface area contributed by atoms with E-state index in [0.717, 1.165) is 26.1 Å². The molecule has 3 heterocycles. The Balaban J connectivity index is 1.44. The van der Waals surface area contributed by atoms with E-state index in [9.17, 15) is 13.6 Å². The van der Waals surface area contributed by atoms with Crippen LogP contribution in [-0.2, 0) is 21.9 Å². The van der Waals surface area contributed by atoms with E-state index in [4.69, 9.17) is 9.72 Å². The number of fused-ring (bicyclic) bond motifs is 2. The highest BCUT2D eigenvalue weighted by Gasteiger charge is 2.57. The Bertz CT molecular complexity index is 806. The Morgan fingerprint density at radius 2 is 2.04 bits per heavy atom.